The molecule has 0 N–H and O–H groups in total. The number of benzene rings is 2. The fourth-order valence-electron chi connectivity index (χ4n) is 3.67. The van der Waals surface area contributed by atoms with Gasteiger partial charge in [0.2, 0.25) is 5.69 Å². The molecule has 0 atom stereocenters. The van der Waals surface area contributed by atoms with E-state index >= 15 is 0 Å². The number of hydrogen-bond acceptors (Lipinski definition) is 1. The number of aryl methyl sites for hydroxylation is 2. The third kappa shape index (κ3) is 2.29. The van der Waals surface area contributed by atoms with E-state index in [0.29, 0.717) is 0 Å². The van der Waals surface area contributed by atoms with Crippen molar-refractivity contribution in [2.45, 2.75) is 36.0 Å². The van der Waals surface area contributed by atoms with Gasteiger partial charge in [0.15, 0.2) is 6.20 Å². The normalized spacial score (nSPS) is 14.8. The van der Waals surface area contributed by atoms with E-state index in [1.807, 2.05) is 11.8 Å². The summed E-state index contributed by atoms with van der Waals surface area (Å²) in [6.45, 7) is 6.90. The molecule has 0 saturated carbocycles. The predicted octanol–water partition coefficient (Wildman–Crippen LogP) is 5.28. The quantitative estimate of drug-likeness (QED) is 0.549. The lowest BCUT2D eigenvalue weighted by atomic mass is 9.76. The van der Waals surface area contributed by atoms with Crippen LogP contribution in [0.25, 0.3) is 11.3 Å². The lowest BCUT2D eigenvalue weighted by molar-refractivity contribution is -0.660. The summed E-state index contributed by atoms with van der Waals surface area (Å²) in [6.07, 6.45) is 2.11. The largest absolute Gasteiger partial charge is 0.212 e. The van der Waals surface area contributed by atoms with Crippen molar-refractivity contribution in [3.05, 3.63) is 77.5 Å². The zero-order valence-corrected chi connectivity index (χ0v) is 15.4. The minimum Gasteiger partial charge on any atom is -0.201 e. The van der Waals surface area contributed by atoms with E-state index in [-0.39, 0.29) is 5.41 Å². The smallest absolute Gasteiger partial charge is 0.201 e. The summed E-state index contributed by atoms with van der Waals surface area (Å²) in [5, 5.41) is 0. The fraction of sp³-hybridized carbons (Fsp3) is 0.227. The summed E-state index contributed by atoms with van der Waals surface area (Å²) >= 11 is 1.90. The Labute approximate surface area is 148 Å². The van der Waals surface area contributed by atoms with Gasteiger partial charge in [-0.15, -0.1) is 0 Å². The average molecular weight is 332 g/mol. The molecule has 0 unspecified atom stereocenters. The monoisotopic (exact) mass is 332 g/mol. The number of fused-ring (bicyclic) bond motifs is 2. The van der Waals surface area contributed by atoms with Crippen molar-refractivity contribution >= 4 is 11.8 Å². The fourth-order valence-corrected chi connectivity index (χ4v) is 5.15. The van der Waals surface area contributed by atoms with Gasteiger partial charge in [-0.2, -0.15) is 0 Å². The van der Waals surface area contributed by atoms with Crippen molar-refractivity contribution < 1.29 is 4.57 Å². The lowest BCUT2D eigenvalue weighted by Crippen LogP contribution is -2.30. The predicted molar refractivity (Wildman–Crippen MR) is 100 cm³/mol. The van der Waals surface area contributed by atoms with Crippen LogP contribution < -0.4 is 4.57 Å². The molecule has 0 aliphatic carbocycles. The van der Waals surface area contributed by atoms with Crippen LogP contribution >= 0.6 is 11.8 Å². The van der Waals surface area contributed by atoms with Crippen LogP contribution in [0.4, 0.5) is 0 Å². The van der Waals surface area contributed by atoms with Crippen LogP contribution in [0.2, 0.25) is 0 Å². The summed E-state index contributed by atoms with van der Waals surface area (Å²) in [5.41, 5.74) is 6.79. The Kier molecular flexibility index (Phi) is 3.54. The molecule has 0 spiro atoms. The van der Waals surface area contributed by atoms with E-state index in [1.165, 1.54) is 37.7 Å². The second kappa shape index (κ2) is 5.49. The minimum absolute atomic E-state index is 0.0208. The van der Waals surface area contributed by atoms with E-state index in [1.54, 1.807) is 0 Å². The number of rotatable bonds is 1. The van der Waals surface area contributed by atoms with Gasteiger partial charge in [-0.3, -0.25) is 0 Å². The van der Waals surface area contributed by atoms with E-state index in [4.69, 9.17) is 0 Å². The van der Waals surface area contributed by atoms with Gasteiger partial charge in [-0.25, -0.2) is 4.57 Å². The second-order valence-corrected chi connectivity index (χ2v) is 8.17. The minimum atomic E-state index is 0.0208. The van der Waals surface area contributed by atoms with Gasteiger partial charge in [-0.05, 0) is 47.9 Å². The van der Waals surface area contributed by atoms with Gasteiger partial charge in [0, 0.05) is 32.9 Å². The van der Waals surface area contributed by atoms with Crippen LogP contribution in [0.15, 0.2) is 70.6 Å². The first kappa shape index (κ1) is 15.5. The molecule has 0 fully saturated rings. The Bertz CT molecular complexity index is 940. The van der Waals surface area contributed by atoms with Crippen LogP contribution in [-0.4, -0.2) is 0 Å². The summed E-state index contributed by atoms with van der Waals surface area (Å²) < 4.78 is 2.20. The van der Waals surface area contributed by atoms with Crippen molar-refractivity contribution in [2.24, 2.45) is 7.05 Å². The van der Waals surface area contributed by atoms with Crippen molar-refractivity contribution in [1.29, 1.82) is 0 Å². The number of aromatic nitrogens is 1. The molecule has 2 heterocycles. The third-order valence-corrected chi connectivity index (χ3v) is 6.24. The Balaban J connectivity index is 1.95. The molecule has 1 aromatic heterocycles. The lowest BCUT2D eigenvalue weighted by Gasteiger charge is -2.35. The molecular formula is C22H22NS+. The molecular weight excluding hydrogens is 310 g/mol. The molecule has 24 heavy (non-hydrogen) atoms. The van der Waals surface area contributed by atoms with Crippen molar-refractivity contribution in [3.8, 4) is 11.3 Å². The first-order chi connectivity index (χ1) is 11.5. The van der Waals surface area contributed by atoms with E-state index < -0.39 is 0 Å². The van der Waals surface area contributed by atoms with Gasteiger partial charge in [0.1, 0.15) is 7.05 Å². The molecule has 0 saturated heterocycles. The van der Waals surface area contributed by atoms with E-state index in [2.05, 4.69) is 93.2 Å². The number of nitrogens with zero attached hydrogens (tertiary/aromatic N) is 1. The highest BCUT2D eigenvalue weighted by atomic mass is 32.2. The molecule has 2 heteroatoms. The number of hydrogen-bond donors (Lipinski definition) is 0. The first-order valence-electron chi connectivity index (χ1n) is 8.36. The average Bonchev–Trinajstić information content (AvgIpc) is 2.55. The zero-order valence-electron chi connectivity index (χ0n) is 14.6. The molecule has 4 rings (SSSR count). The van der Waals surface area contributed by atoms with Crippen LogP contribution in [0.5, 0.6) is 0 Å². The Morgan fingerprint density at radius 1 is 0.875 bits per heavy atom. The van der Waals surface area contributed by atoms with Crippen molar-refractivity contribution in [1.82, 2.24) is 0 Å². The highest BCUT2D eigenvalue weighted by molar-refractivity contribution is 7.99. The standard InChI is InChI=1S/C22H22NS/c1-15-13-21-18(14-16(15)19-10-7-8-12-23(19)4)22(2,3)17-9-5-6-11-20(17)24-21/h5-14H,1-4H3/q+1. The summed E-state index contributed by atoms with van der Waals surface area (Å²) in [6, 6.07) is 20.0. The topological polar surface area (TPSA) is 3.88 Å². The molecule has 0 bridgehead atoms. The second-order valence-electron chi connectivity index (χ2n) is 7.08. The van der Waals surface area contributed by atoms with Crippen LogP contribution in [-0.2, 0) is 12.5 Å². The highest BCUT2D eigenvalue weighted by Gasteiger charge is 2.34. The van der Waals surface area contributed by atoms with Crippen LogP contribution in [0.1, 0.15) is 30.5 Å². The third-order valence-electron chi connectivity index (χ3n) is 5.11. The van der Waals surface area contributed by atoms with E-state index in [9.17, 15) is 0 Å². The van der Waals surface area contributed by atoms with Crippen LogP contribution in [0.3, 0.4) is 0 Å². The maximum Gasteiger partial charge on any atom is 0.212 e. The van der Waals surface area contributed by atoms with Crippen molar-refractivity contribution in [2.75, 3.05) is 0 Å². The molecule has 120 valence electrons. The Morgan fingerprint density at radius 3 is 2.42 bits per heavy atom. The molecule has 1 aliphatic rings. The SMILES string of the molecule is Cc1cc2c(cc1-c1cccc[n+]1C)C(C)(C)c1ccccc1S2. The molecule has 2 aromatic carbocycles. The summed E-state index contributed by atoms with van der Waals surface area (Å²) in [7, 11) is 2.11. The Morgan fingerprint density at radius 2 is 1.62 bits per heavy atom. The molecule has 1 aliphatic heterocycles. The van der Waals surface area contributed by atoms with E-state index in [0.717, 1.165) is 0 Å². The molecule has 1 nitrogen and oxygen atoms in total. The number of pyridine rings is 1. The summed E-state index contributed by atoms with van der Waals surface area (Å²) in [5.74, 6) is 0. The van der Waals surface area contributed by atoms with Gasteiger partial charge in [-0.1, -0.05) is 43.8 Å². The molecule has 3 aromatic rings. The highest BCUT2D eigenvalue weighted by Crippen LogP contribution is 2.50. The summed E-state index contributed by atoms with van der Waals surface area (Å²) in [4.78, 5) is 2.77. The van der Waals surface area contributed by atoms with Gasteiger partial charge < -0.3 is 0 Å². The van der Waals surface area contributed by atoms with Crippen molar-refractivity contribution in [3.63, 3.8) is 0 Å². The Hall–Kier alpha value is -2.06. The van der Waals surface area contributed by atoms with Crippen LogP contribution in [0, 0.1) is 6.92 Å². The van der Waals surface area contributed by atoms with Gasteiger partial charge in [0.05, 0.1) is 0 Å². The van der Waals surface area contributed by atoms with Gasteiger partial charge >= 0.3 is 0 Å². The zero-order chi connectivity index (χ0) is 16.9. The molecule has 0 radical (unpaired) electrons. The molecule has 0 amide bonds. The maximum absolute atomic E-state index is 2.41. The van der Waals surface area contributed by atoms with Gasteiger partial charge in [0.25, 0.3) is 0 Å². The maximum atomic E-state index is 2.41. The first-order valence-corrected chi connectivity index (χ1v) is 9.17.